The second-order valence-corrected chi connectivity index (χ2v) is 6.53. The first-order valence-electron chi connectivity index (χ1n) is 8.14. The fourth-order valence-electron chi connectivity index (χ4n) is 3.22. The lowest BCUT2D eigenvalue weighted by molar-refractivity contribution is 0.0887. The van der Waals surface area contributed by atoms with Crippen LogP contribution in [0, 0.1) is 5.41 Å². The van der Waals surface area contributed by atoms with Crippen LogP contribution in [0.1, 0.15) is 45.4 Å². The summed E-state index contributed by atoms with van der Waals surface area (Å²) in [6.45, 7) is 6.19. The molecular weight excluding hydrogens is 252 g/mol. The molecule has 4 heteroatoms. The number of likely N-dealkylation sites (N-methyl/N-ethyl adjacent to an activating group) is 1. The molecule has 4 nitrogen and oxygen atoms in total. The molecule has 1 aliphatic rings. The minimum atomic E-state index is 0.240. The first kappa shape index (κ1) is 17.9. The van der Waals surface area contributed by atoms with Gasteiger partial charge in [-0.1, -0.05) is 25.7 Å². The van der Waals surface area contributed by atoms with Crippen LogP contribution in [0.25, 0.3) is 0 Å². The Hall–Kier alpha value is -0.160. The maximum atomic E-state index is 9.35. The van der Waals surface area contributed by atoms with Crippen molar-refractivity contribution in [1.82, 2.24) is 10.2 Å². The average Bonchev–Trinajstić information content (AvgIpc) is 2.68. The molecule has 0 saturated heterocycles. The van der Waals surface area contributed by atoms with Crippen molar-refractivity contribution in [3.63, 3.8) is 0 Å². The monoisotopic (exact) mass is 286 g/mol. The molecule has 0 aliphatic heterocycles. The highest BCUT2D eigenvalue weighted by molar-refractivity contribution is 4.87. The third-order valence-electron chi connectivity index (χ3n) is 4.75. The second-order valence-electron chi connectivity index (χ2n) is 6.53. The lowest BCUT2D eigenvalue weighted by Crippen LogP contribution is -2.46. The van der Waals surface area contributed by atoms with E-state index in [1.807, 2.05) is 0 Å². The van der Waals surface area contributed by atoms with E-state index in [1.165, 1.54) is 38.5 Å². The van der Waals surface area contributed by atoms with Crippen LogP contribution in [0.3, 0.4) is 0 Å². The van der Waals surface area contributed by atoms with Crippen molar-refractivity contribution < 1.29 is 9.84 Å². The minimum Gasteiger partial charge on any atom is -0.395 e. The third kappa shape index (κ3) is 6.08. The Bertz CT molecular complexity index is 241. The molecule has 1 unspecified atom stereocenters. The molecule has 20 heavy (non-hydrogen) atoms. The first-order valence-corrected chi connectivity index (χ1v) is 8.14. The van der Waals surface area contributed by atoms with Gasteiger partial charge in [0.15, 0.2) is 0 Å². The SMILES string of the molecule is COCCNCC1(CN(C)C(C)CO)CCCCCC1. The van der Waals surface area contributed by atoms with Gasteiger partial charge < -0.3 is 20.1 Å². The molecule has 0 aromatic carbocycles. The Labute approximate surface area is 124 Å². The maximum Gasteiger partial charge on any atom is 0.0587 e. The summed E-state index contributed by atoms with van der Waals surface area (Å²) in [4.78, 5) is 2.32. The Morgan fingerprint density at radius 3 is 2.45 bits per heavy atom. The van der Waals surface area contributed by atoms with E-state index in [1.54, 1.807) is 7.11 Å². The molecule has 0 bridgehead atoms. The summed E-state index contributed by atoms with van der Waals surface area (Å²) in [5.74, 6) is 0. The van der Waals surface area contributed by atoms with Gasteiger partial charge >= 0.3 is 0 Å². The summed E-state index contributed by atoms with van der Waals surface area (Å²) in [5.41, 5.74) is 0.364. The van der Waals surface area contributed by atoms with E-state index < -0.39 is 0 Å². The Morgan fingerprint density at radius 1 is 1.25 bits per heavy atom. The Kier molecular flexibility index (Phi) is 8.69. The van der Waals surface area contributed by atoms with E-state index in [0.29, 0.717) is 5.41 Å². The summed E-state index contributed by atoms with van der Waals surface area (Å²) in [6, 6.07) is 0.245. The van der Waals surface area contributed by atoms with E-state index in [-0.39, 0.29) is 12.6 Å². The molecule has 0 aromatic rings. The fraction of sp³-hybridized carbons (Fsp3) is 1.00. The van der Waals surface area contributed by atoms with Crippen LogP contribution in [0.5, 0.6) is 0 Å². The second kappa shape index (κ2) is 9.72. The van der Waals surface area contributed by atoms with E-state index in [0.717, 1.165) is 26.2 Å². The molecule has 0 aromatic heterocycles. The molecule has 0 amide bonds. The zero-order valence-electron chi connectivity index (χ0n) is 13.7. The van der Waals surface area contributed by atoms with Gasteiger partial charge in [-0.05, 0) is 32.2 Å². The van der Waals surface area contributed by atoms with Gasteiger partial charge in [0.05, 0.1) is 13.2 Å². The summed E-state index contributed by atoms with van der Waals surface area (Å²) in [5, 5.41) is 12.9. The number of nitrogens with zero attached hydrogens (tertiary/aromatic N) is 1. The van der Waals surface area contributed by atoms with Gasteiger partial charge in [0, 0.05) is 32.8 Å². The number of ether oxygens (including phenoxy) is 1. The number of aliphatic hydroxyl groups excluding tert-OH is 1. The number of methoxy groups -OCH3 is 1. The van der Waals surface area contributed by atoms with Gasteiger partial charge in [-0.3, -0.25) is 0 Å². The van der Waals surface area contributed by atoms with Crippen LogP contribution >= 0.6 is 0 Å². The molecule has 1 fully saturated rings. The van der Waals surface area contributed by atoms with Crippen molar-refractivity contribution in [2.75, 3.05) is 47.0 Å². The van der Waals surface area contributed by atoms with Crippen molar-refractivity contribution in [3.05, 3.63) is 0 Å². The Morgan fingerprint density at radius 2 is 1.90 bits per heavy atom. The minimum absolute atomic E-state index is 0.240. The normalized spacial score (nSPS) is 20.9. The van der Waals surface area contributed by atoms with Crippen LogP contribution in [0.4, 0.5) is 0 Å². The predicted octanol–water partition coefficient (Wildman–Crippen LogP) is 1.88. The summed E-state index contributed by atoms with van der Waals surface area (Å²) < 4.78 is 5.12. The standard InChI is InChI=1S/C16H34N2O2/c1-15(12-19)18(2)14-16(13-17-10-11-20-3)8-6-4-5-7-9-16/h15,17,19H,4-14H2,1-3H3. The van der Waals surface area contributed by atoms with E-state index in [4.69, 9.17) is 4.74 Å². The van der Waals surface area contributed by atoms with E-state index in [9.17, 15) is 5.11 Å². The molecule has 0 spiro atoms. The molecule has 1 aliphatic carbocycles. The smallest absolute Gasteiger partial charge is 0.0587 e. The number of aliphatic hydroxyl groups is 1. The highest BCUT2D eigenvalue weighted by Gasteiger charge is 2.32. The average molecular weight is 286 g/mol. The van der Waals surface area contributed by atoms with E-state index >= 15 is 0 Å². The van der Waals surface area contributed by atoms with Gasteiger partial charge in [0.1, 0.15) is 0 Å². The van der Waals surface area contributed by atoms with Gasteiger partial charge in [-0.25, -0.2) is 0 Å². The lowest BCUT2D eigenvalue weighted by atomic mass is 9.79. The molecular formula is C16H34N2O2. The number of nitrogens with one attached hydrogen (secondary N) is 1. The van der Waals surface area contributed by atoms with Crippen LogP contribution in [0.2, 0.25) is 0 Å². The molecule has 2 N–H and O–H groups in total. The van der Waals surface area contributed by atoms with Crippen molar-refractivity contribution >= 4 is 0 Å². The van der Waals surface area contributed by atoms with Crippen molar-refractivity contribution in [3.8, 4) is 0 Å². The first-order chi connectivity index (χ1) is 9.63. The molecule has 120 valence electrons. The predicted molar refractivity (Wildman–Crippen MR) is 84.1 cm³/mol. The zero-order valence-corrected chi connectivity index (χ0v) is 13.7. The lowest BCUT2D eigenvalue weighted by Gasteiger charge is -2.39. The van der Waals surface area contributed by atoms with Gasteiger partial charge in [0.25, 0.3) is 0 Å². The molecule has 0 heterocycles. The van der Waals surface area contributed by atoms with Crippen LogP contribution in [0.15, 0.2) is 0 Å². The van der Waals surface area contributed by atoms with Gasteiger partial charge in [-0.2, -0.15) is 0 Å². The summed E-state index contributed by atoms with van der Waals surface area (Å²) >= 11 is 0. The van der Waals surface area contributed by atoms with Crippen LogP contribution in [-0.2, 0) is 4.74 Å². The van der Waals surface area contributed by atoms with E-state index in [2.05, 4.69) is 24.2 Å². The maximum absolute atomic E-state index is 9.35. The van der Waals surface area contributed by atoms with Crippen LogP contribution < -0.4 is 5.32 Å². The largest absolute Gasteiger partial charge is 0.395 e. The van der Waals surface area contributed by atoms with Gasteiger partial charge in [0.2, 0.25) is 0 Å². The quantitative estimate of drug-likeness (QED) is 0.502. The third-order valence-corrected chi connectivity index (χ3v) is 4.75. The zero-order chi connectivity index (χ0) is 14.8. The molecule has 1 rings (SSSR count). The molecule has 1 saturated carbocycles. The summed E-state index contributed by atoms with van der Waals surface area (Å²) in [6.07, 6.45) is 8.03. The van der Waals surface area contributed by atoms with Crippen molar-refractivity contribution in [2.45, 2.75) is 51.5 Å². The highest BCUT2D eigenvalue weighted by atomic mass is 16.5. The highest BCUT2D eigenvalue weighted by Crippen LogP contribution is 2.35. The molecule has 1 atom stereocenters. The summed E-state index contributed by atoms with van der Waals surface area (Å²) in [7, 11) is 3.89. The topological polar surface area (TPSA) is 44.7 Å². The number of hydrogen-bond donors (Lipinski definition) is 2. The van der Waals surface area contributed by atoms with Crippen molar-refractivity contribution in [1.29, 1.82) is 0 Å². The van der Waals surface area contributed by atoms with Gasteiger partial charge in [-0.15, -0.1) is 0 Å². The number of hydrogen-bond acceptors (Lipinski definition) is 4. The molecule has 0 radical (unpaired) electrons. The number of rotatable bonds is 9. The van der Waals surface area contributed by atoms with Crippen LogP contribution in [-0.4, -0.2) is 63.1 Å². The van der Waals surface area contributed by atoms with Crippen molar-refractivity contribution in [2.24, 2.45) is 5.41 Å². The Balaban J connectivity index is 2.57. The fourth-order valence-corrected chi connectivity index (χ4v) is 3.22.